The van der Waals surface area contributed by atoms with Crippen molar-refractivity contribution in [2.75, 3.05) is 0 Å². The Morgan fingerprint density at radius 1 is 1.20 bits per heavy atom. The fourth-order valence-corrected chi connectivity index (χ4v) is 1.59. The highest BCUT2D eigenvalue weighted by molar-refractivity contribution is 6.30. The first-order chi connectivity index (χ1) is 7.31. The van der Waals surface area contributed by atoms with Gasteiger partial charge in [-0.15, -0.1) is 0 Å². The van der Waals surface area contributed by atoms with E-state index >= 15 is 0 Å². The van der Waals surface area contributed by atoms with Gasteiger partial charge in [0.2, 0.25) is 0 Å². The summed E-state index contributed by atoms with van der Waals surface area (Å²) in [5.41, 5.74) is 0.764. The third-order valence-electron chi connectivity index (χ3n) is 2.19. The van der Waals surface area contributed by atoms with Gasteiger partial charge in [0.05, 0.1) is 12.1 Å². The Morgan fingerprint density at radius 2 is 2.00 bits per heavy atom. The molecule has 2 heterocycles. The number of aromatic nitrogens is 4. The predicted molar refractivity (Wildman–Crippen MR) is 57.7 cm³/mol. The van der Waals surface area contributed by atoms with Crippen LogP contribution in [-0.4, -0.2) is 19.5 Å². The molecule has 0 fully saturated rings. The van der Waals surface area contributed by atoms with E-state index in [1.807, 2.05) is 6.20 Å². The molecule has 78 valence electrons. The minimum atomic E-state index is 0.447. The molecule has 0 saturated heterocycles. The van der Waals surface area contributed by atoms with E-state index in [9.17, 15) is 0 Å². The fourth-order valence-electron chi connectivity index (χ4n) is 1.41. The van der Waals surface area contributed by atoms with Gasteiger partial charge >= 0.3 is 0 Å². The number of imidazole rings is 1. The molecule has 2 aromatic heterocycles. The van der Waals surface area contributed by atoms with Crippen molar-refractivity contribution in [3.63, 3.8) is 0 Å². The zero-order chi connectivity index (χ0) is 10.7. The molecule has 5 heteroatoms. The van der Waals surface area contributed by atoms with E-state index in [0.29, 0.717) is 11.6 Å². The second-order valence-electron chi connectivity index (χ2n) is 3.10. The second kappa shape index (κ2) is 4.40. The lowest BCUT2D eigenvalue weighted by molar-refractivity contribution is 0.707. The lowest BCUT2D eigenvalue weighted by atomic mass is 10.3. The predicted octanol–water partition coefficient (Wildman–Crippen LogP) is 1.94. The van der Waals surface area contributed by atoms with Crippen LogP contribution in [0.25, 0.3) is 0 Å². The zero-order valence-electron chi connectivity index (χ0n) is 8.39. The SMILES string of the molecule is CCn1ccnc1Cc1nccnc1Cl. The summed E-state index contributed by atoms with van der Waals surface area (Å²) in [6.07, 6.45) is 7.56. The number of hydrogen-bond acceptors (Lipinski definition) is 3. The first-order valence-electron chi connectivity index (χ1n) is 4.76. The van der Waals surface area contributed by atoms with Crippen LogP contribution in [-0.2, 0) is 13.0 Å². The summed E-state index contributed by atoms with van der Waals surface area (Å²) in [4.78, 5) is 12.4. The molecule has 2 aromatic rings. The molecule has 0 bridgehead atoms. The lowest BCUT2D eigenvalue weighted by Crippen LogP contribution is -2.04. The topological polar surface area (TPSA) is 43.6 Å². The van der Waals surface area contributed by atoms with Crippen LogP contribution in [0.1, 0.15) is 18.4 Å². The summed E-state index contributed by atoms with van der Waals surface area (Å²) >= 11 is 5.93. The second-order valence-corrected chi connectivity index (χ2v) is 3.46. The van der Waals surface area contributed by atoms with Crippen LogP contribution in [0, 0.1) is 0 Å². The molecule has 0 N–H and O–H groups in total. The quantitative estimate of drug-likeness (QED) is 0.797. The molecule has 0 aliphatic carbocycles. The van der Waals surface area contributed by atoms with Crippen molar-refractivity contribution in [1.82, 2.24) is 19.5 Å². The van der Waals surface area contributed by atoms with Gasteiger partial charge in [-0.05, 0) is 6.92 Å². The summed E-state index contributed by atoms with van der Waals surface area (Å²) in [5, 5.41) is 0.447. The Bertz CT molecular complexity index is 452. The Labute approximate surface area is 93.0 Å². The van der Waals surface area contributed by atoms with Gasteiger partial charge in [0.25, 0.3) is 0 Å². The normalized spacial score (nSPS) is 10.5. The van der Waals surface area contributed by atoms with Gasteiger partial charge in [-0.25, -0.2) is 9.97 Å². The van der Waals surface area contributed by atoms with Gasteiger partial charge in [-0.1, -0.05) is 11.6 Å². The molecule has 0 amide bonds. The van der Waals surface area contributed by atoms with Gasteiger partial charge in [-0.3, -0.25) is 4.98 Å². The average molecular weight is 223 g/mol. The van der Waals surface area contributed by atoms with Crippen molar-refractivity contribution in [1.29, 1.82) is 0 Å². The first-order valence-corrected chi connectivity index (χ1v) is 5.14. The Hall–Kier alpha value is -1.42. The van der Waals surface area contributed by atoms with E-state index < -0.39 is 0 Å². The van der Waals surface area contributed by atoms with Gasteiger partial charge < -0.3 is 4.57 Å². The molecule has 2 rings (SSSR count). The van der Waals surface area contributed by atoms with E-state index in [1.54, 1.807) is 18.6 Å². The maximum atomic E-state index is 5.93. The van der Waals surface area contributed by atoms with Gasteiger partial charge in [-0.2, -0.15) is 0 Å². The average Bonchev–Trinajstić information content (AvgIpc) is 2.69. The van der Waals surface area contributed by atoms with Crippen molar-refractivity contribution in [2.24, 2.45) is 0 Å². The van der Waals surface area contributed by atoms with Crippen LogP contribution >= 0.6 is 11.6 Å². The van der Waals surface area contributed by atoms with E-state index in [1.165, 1.54) is 0 Å². The third kappa shape index (κ3) is 2.15. The molecule has 4 nitrogen and oxygen atoms in total. The fraction of sp³-hybridized carbons (Fsp3) is 0.300. The third-order valence-corrected chi connectivity index (χ3v) is 2.51. The summed E-state index contributed by atoms with van der Waals surface area (Å²) in [6, 6.07) is 0. The summed E-state index contributed by atoms with van der Waals surface area (Å²) < 4.78 is 2.06. The molecule has 15 heavy (non-hydrogen) atoms. The Morgan fingerprint density at radius 3 is 2.73 bits per heavy atom. The highest BCUT2D eigenvalue weighted by Crippen LogP contribution is 2.12. The van der Waals surface area contributed by atoms with Crippen LogP contribution in [0.15, 0.2) is 24.8 Å². The highest BCUT2D eigenvalue weighted by atomic mass is 35.5. The molecule has 0 aliphatic rings. The van der Waals surface area contributed by atoms with Gasteiger partial charge in [0, 0.05) is 31.3 Å². The highest BCUT2D eigenvalue weighted by Gasteiger charge is 2.07. The van der Waals surface area contributed by atoms with Crippen LogP contribution in [0.2, 0.25) is 5.15 Å². The molecule has 0 radical (unpaired) electrons. The van der Waals surface area contributed by atoms with Crippen LogP contribution in [0.3, 0.4) is 0 Å². The number of hydrogen-bond donors (Lipinski definition) is 0. The van der Waals surface area contributed by atoms with Crippen molar-refractivity contribution < 1.29 is 0 Å². The molecule has 0 aliphatic heterocycles. The Kier molecular flexibility index (Phi) is 2.97. The van der Waals surface area contributed by atoms with Crippen LogP contribution in [0.5, 0.6) is 0 Å². The van der Waals surface area contributed by atoms with Gasteiger partial charge in [0.1, 0.15) is 5.82 Å². The van der Waals surface area contributed by atoms with Crippen molar-refractivity contribution in [3.05, 3.63) is 41.5 Å². The lowest BCUT2D eigenvalue weighted by Gasteiger charge is -2.04. The van der Waals surface area contributed by atoms with E-state index in [0.717, 1.165) is 18.1 Å². The van der Waals surface area contributed by atoms with Crippen LogP contribution < -0.4 is 0 Å². The van der Waals surface area contributed by atoms with E-state index in [4.69, 9.17) is 11.6 Å². The molecule has 0 unspecified atom stereocenters. The number of halogens is 1. The molecule has 0 atom stereocenters. The van der Waals surface area contributed by atoms with Gasteiger partial charge in [0.15, 0.2) is 5.15 Å². The van der Waals surface area contributed by atoms with Crippen molar-refractivity contribution >= 4 is 11.6 Å². The summed E-state index contributed by atoms with van der Waals surface area (Å²) in [6.45, 7) is 2.97. The Balaban J connectivity index is 2.26. The summed E-state index contributed by atoms with van der Waals surface area (Å²) in [5.74, 6) is 0.958. The smallest absolute Gasteiger partial charge is 0.150 e. The maximum Gasteiger partial charge on any atom is 0.150 e. The van der Waals surface area contributed by atoms with Crippen molar-refractivity contribution in [2.45, 2.75) is 19.9 Å². The molecule has 0 saturated carbocycles. The standard InChI is InChI=1S/C10H11ClN4/c1-2-15-6-5-13-9(15)7-8-10(11)14-4-3-12-8/h3-6H,2,7H2,1H3. The molecular formula is C10H11ClN4. The molecule has 0 aromatic carbocycles. The van der Waals surface area contributed by atoms with E-state index in [2.05, 4.69) is 26.4 Å². The summed E-state index contributed by atoms with van der Waals surface area (Å²) in [7, 11) is 0. The molecule has 0 spiro atoms. The number of aryl methyl sites for hydroxylation is 1. The minimum absolute atomic E-state index is 0.447. The minimum Gasteiger partial charge on any atom is -0.335 e. The monoisotopic (exact) mass is 222 g/mol. The van der Waals surface area contributed by atoms with Crippen LogP contribution in [0.4, 0.5) is 0 Å². The molecular weight excluding hydrogens is 212 g/mol. The largest absolute Gasteiger partial charge is 0.335 e. The number of nitrogens with zero attached hydrogens (tertiary/aromatic N) is 4. The van der Waals surface area contributed by atoms with E-state index in [-0.39, 0.29) is 0 Å². The van der Waals surface area contributed by atoms with Crippen molar-refractivity contribution in [3.8, 4) is 0 Å². The maximum absolute atomic E-state index is 5.93. The zero-order valence-corrected chi connectivity index (χ0v) is 9.15. The first kappa shape index (κ1) is 10.1. The number of rotatable bonds is 3.